The third-order valence-corrected chi connectivity index (χ3v) is 4.75. The van der Waals surface area contributed by atoms with Crippen LogP contribution >= 0.6 is 0 Å². The highest BCUT2D eigenvalue weighted by molar-refractivity contribution is 5.90. The molecule has 1 aliphatic rings. The first-order chi connectivity index (χ1) is 13.4. The second-order valence-electron chi connectivity index (χ2n) is 7.91. The van der Waals surface area contributed by atoms with Gasteiger partial charge in [-0.15, -0.1) is 0 Å². The minimum atomic E-state index is -0.131. The summed E-state index contributed by atoms with van der Waals surface area (Å²) in [5.41, 5.74) is 2.65. The lowest BCUT2D eigenvalue weighted by molar-refractivity contribution is 0.147. The summed E-state index contributed by atoms with van der Waals surface area (Å²) in [6.07, 6.45) is 4.75. The molecule has 0 unspecified atom stereocenters. The van der Waals surface area contributed by atoms with Gasteiger partial charge in [0.2, 0.25) is 11.7 Å². The average Bonchev–Trinajstić information content (AvgIpc) is 3.10. The van der Waals surface area contributed by atoms with Gasteiger partial charge in [-0.05, 0) is 23.1 Å². The Hall–Kier alpha value is -3.29. The number of aromatic nitrogens is 4. The molecule has 0 radical (unpaired) electrons. The molecular weight excluding hydrogens is 356 g/mol. The van der Waals surface area contributed by atoms with Crippen molar-refractivity contribution in [1.82, 2.24) is 25.0 Å². The van der Waals surface area contributed by atoms with E-state index in [4.69, 9.17) is 4.52 Å². The minimum Gasteiger partial charge on any atom is -0.338 e. The van der Waals surface area contributed by atoms with Crippen LogP contribution in [0, 0.1) is 0 Å². The van der Waals surface area contributed by atoms with Crippen LogP contribution in [0.3, 0.4) is 0 Å². The van der Waals surface area contributed by atoms with Crippen molar-refractivity contribution in [2.45, 2.75) is 32.1 Å². The van der Waals surface area contributed by atoms with Gasteiger partial charge in [-0.3, -0.25) is 4.98 Å². The molecule has 28 heavy (non-hydrogen) atoms. The van der Waals surface area contributed by atoms with Gasteiger partial charge in [0.05, 0.1) is 12.1 Å². The number of carbonyl (C=O) groups excluding carboxylic acids is 1. The number of amides is 2. The SMILES string of the molecule is CC(C)(C)c1ccc(NC(=O)N2CC(c3nc(-c4cnccn4)no3)C2)cc1. The van der Waals surface area contributed by atoms with Crippen LogP contribution < -0.4 is 5.32 Å². The van der Waals surface area contributed by atoms with Crippen LogP contribution in [-0.4, -0.2) is 44.1 Å². The highest BCUT2D eigenvalue weighted by atomic mass is 16.5. The molecule has 1 fully saturated rings. The Labute approximate surface area is 163 Å². The summed E-state index contributed by atoms with van der Waals surface area (Å²) >= 11 is 0. The maximum Gasteiger partial charge on any atom is 0.321 e. The first-order valence-electron chi connectivity index (χ1n) is 9.16. The van der Waals surface area contributed by atoms with E-state index in [1.54, 1.807) is 23.5 Å². The third-order valence-electron chi connectivity index (χ3n) is 4.75. The number of hydrogen-bond donors (Lipinski definition) is 1. The molecule has 1 saturated heterocycles. The van der Waals surface area contributed by atoms with E-state index in [9.17, 15) is 4.79 Å². The Morgan fingerprint density at radius 2 is 1.93 bits per heavy atom. The number of rotatable bonds is 3. The van der Waals surface area contributed by atoms with E-state index in [1.165, 1.54) is 5.56 Å². The molecule has 0 saturated carbocycles. The number of nitrogens with zero attached hydrogens (tertiary/aromatic N) is 5. The van der Waals surface area contributed by atoms with E-state index >= 15 is 0 Å². The topological polar surface area (TPSA) is 97.0 Å². The molecule has 144 valence electrons. The molecule has 2 aromatic heterocycles. The van der Waals surface area contributed by atoms with Crippen LogP contribution in [0.5, 0.6) is 0 Å². The third kappa shape index (κ3) is 3.71. The van der Waals surface area contributed by atoms with Gasteiger partial charge in [0, 0.05) is 31.2 Å². The molecule has 3 aromatic rings. The van der Waals surface area contributed by atoms with E-state index < -0.39 is 0 Å². The molecule has 4 rings (SSSR count). The lowest BCUT2D eigenvalue weighted by Crippen LogP contribution is -2.50. The van der Waals surface area contributed by atoms with E-state index in [1.807, 2.05) is 24.3 Å². The fourth-order valence-corrected chi connectivity index (χ4v) is 2.98. The molecule has 8 nitrogen and oxygen atoms in total. The van der Waals surface area contributed by atoms with Crippen LogP contribution in [0.1, 0.15) is 38.1 Å². The summed E-state index contributed by atoms with van der Waals surface area (Å²) < 4.78 is 5.33. The number of urea groups is 1. The van der Waals surface area contributed by atoms with Crippen molar-refractivity contribution in [2.75, 3.05) is 18.4 Å². The monoisotopic (exact) mass is 378 g/mol. The summed E-state index contributed by atoms with van der Waals surface area (Å²) in [4.78, 5) is 26.7. The molecule has 1 N–H and O–H groups in total. The van der Waals surface area contributed by atoms with Crippen molar-refractivity contribution >= 4 is 11.7 Å². The van der Waals surface area contributed by atoms with Gasteiger partial charge in [0.15, 0.2) is 0 Å². The van der Waals surface area contributed by atoms with Crippen LogP contribution in [-0.2, 0) is 5.41 Å². The number of benzene rings is 1. The fourth-order valence-electron chi connectivity index (χ4n) is 2.98. The number of carbonyl (C=O) groups is 1. The number of nitrogens with one attached hydrogen (secondary N) is 1. The smallest absolute Gasteiger partial charge is 0.321 e. The zero-order chi connectivity index (χ0) is 19.7. The highest BCUT2D eigenvalue weighted by Crippen LogP contribution is 2.28. The summed E-state index contributed by atoms with van der Waals surface area (Å²) in [5, 5.41) is 6.87. The lowest BCUT2D eigenvalue weighted by Gasteiger charge is -2.36. The van der Waals surface area contributed by atoms with Crippen molar-refractivity contribution in [1.29, 1.82) is 0 Å². The zero-order valence-electron chi connectivity index (χ0n) is 16.1. The number of hydrogen-bond acceptors (Lipinski definition) is 6. The van der Waals surface area contributed by atoms with E-state index in [-0.39, 0.29) is 17.4 Å². The molecule has 1 aromatic carbocycles. The molecule has 1 aliphatic heterocycles. The molecule has 0 aliphatic carbocycles. The van der Waals surface area contributed by atoms with Gasteiger partial charge in [0.25, 0.3) is 0 Å². The average molecular weight is 378 g/mol. The highest BCUT2D eigenvalue weighted by Gasteiger charge is 2.36. The largest absolute Gasteiger partial charge is 0.338 e. The summed E-state index contributed by atoms with van der Waals surface area (Å²) in [6.45, 7) is 7.55. The van der Waals surface area contributed by atoms with Crippen LogP contribution in [0.15, 0.2) is 47.4 Å². The van der Waals surface area contributed by atoms with E-state index in [0.29, 0.717) is 30.5 Å². The predicted molar refractivity (Wildman–Crippen MR) is 104 cm³/mol. The molecule has 0 atom stereocenters. The number of anilines is 1. The van der Waals surface area contributed by atoms with Gasteiger partial charge in [-0.25, -0.2) is 9.78 Å². The van der Waals surface area contributed by atoms with Crippen molar-refractivity contribution in [3.63, 3.8) is 0 Å². The maximum atomic E-state index is 12.4. The van der Waals surface area contributed by atoms with E-state index in [0.717, 1.165) is 5.69 Å². The minimum absolute atomic E-state index is 0.0342. The summed E-state index contributed by atoms with van der Waals surface area (Å²) in [6, 6.07) is 7.82. The van der Waals surface area contributed by atoms with Crippen molar-refractivity contribution in [2.24, 2.45) is 0 Å². The Kier molecular flexibility index (Phi) is 4.54. The predicted octanol–water partition coefficient (Wildman–Crippen LogP) is 3.46. The summed E-state index contributed by atoms with van der Waals surface area (Å²) in [7, 11) is 0. The Balaban J connectivity index is 1.33. The Bertz CT molecular complexity index is 956. The normalized spacial score (nSPS) is 14.6. The fraction of sp³-hybridized carbons (Fsp3) is 0.350. The Morgan fingerprint density at radius 3 is 2.57 bits per heavy atom. The summed E-state index contributed by atoms with van der Waals surface area (Å²) in [5.74, 6) is 0.955. The Morgan fingerprint density at radius 1 is 1.18 bits per heavy atom. The lowest BCUT2D eigenvalue weighted by atomic mass is 9.87. The van der Waals surface area contributed by atoms with Gasteiger partial charge >= 0.3 is 6.03 Å². The molecule has 3 heterocycles. The van der Waals surface area contributed by atoms with E-state index in [2.05, 4.69) is 46.2 Å². The van der Waals surface area contributed by atoms with Crippen LogP contribution in [0.4, 0.5) is 10.5 Å². The molecule has 0 bridgehead atoms. The molecule has 0 spiro atoms. The first kappa shape index (κ1) is 18.1. The van der Waals surface area contributed by atoms with Gasteiger partial charge < -0.3 is 14.7 Å². The van der Waals surface area contributed by atoms with Crippen molar-refractivity contribution < 1.29 is 9.32 Å². The standard InChI is InChI=1S/C20H22N6O2/c1-20(2,3)14-4-6-15(7-5-14)23-19(27)26-11-13(12-26)18-24-17(25-28-18)16-10-21-8-9-22-16/h4-10,13H,11-12H2,1-3H3,(H,23,27). The second-order valence-corrected chi connectivity index (χ2v) is 7.91. The maximum absolute atomic E-state index is 12.4. The van der Waals surface area contributed by atoms with Crippen molar-refractivity contribution in [3.8, 4) is 11.5 Å². The second kappa shape index (κ2) is 7.03. The number of likely N-dealkylation sites (tertiary alicyclic amines) is 1. The molecule has 2 amide bonds. The van der Waals surface area contributed by atoms with Crippen LogP contribution in [0.2, 0.25) is 0 Å². The van der Waals surface area contributed by atoms with Gasteiger partial charge in [-0.2, -0.15) is 4.98 Å². The zero-order valence-corrected chi connectivity index (χ0v) is 16.1. The molecular formula is C20H22N6O2. The van der Waals surface area contributed by atoms with Crippen molar-refractivity contribution in [3.05, 3.63) is 54.3 Å². The van der Waals surface area contributed by atoms with Crippen LogP contribution in [0.25, 0.3) is 11.5 Å². The quantitative estimate of drug-likeness (QED) is 0.750. The van der Waals surface area contributed by atoms with Gasteiger partial charge in [0.1, 0.15) is 5.69 Å². The van der Waals surface area contributed by atoms with Gasteiger partial charge in [-0.1, -0.05) is 38.1 Å². The molecule has 8 heteroatoms. The first-order valence-corrected chi connectivity index (χ1v) is 9.16.